The highest BCUT2D eigenvalue weighted by atomic mass is 32.2. The van der Waals surface area contributed by atoms with E-state index >= 15 is 0 Å². The first-order valence-corrected chi connectivity index (χ1v) is 11.8. The molecule has 0 unspecified atom stereocenters. The molecule has 142 valence electrons. The van der Waals surface area contributed by atoms with Gasteiger partial charge in [0.2, 0.25) is 10.0 Å². The highest BCUT2D eigenvalue weighted by molar-refractivity contribution is 7.89. The summed E-state index contributed by atoms with van der Waals surface area (Å²) in [6, 6.07) is 15.2. The van der Waals surface area contributed by atoms with Crippen LogP contribution in [0.2, 0.25) is 0 Å². The van der Waals surface area contributed by atoms with Crippen LogP contribution in [0.4, 0.5) is 0 Å². The van der Waals surface area contributed by atoms with Gasteiger partial charge in [0.05, 0.1) is 4.90 Å². The number of nitrogens with one attached hydrogen (secondary N) is 1. The molecular formula is C21H24N2O2S2. The van der Waals surface area contributed by atoms with Gasteiger partial charge in [-0.25, -0.2) is 13.1 Å². The Kier molecular flexibility index (Phi) is 5.59. The average Bonchev–Trinajstić information content (AvgIpc) is 3.20. The van der Waals surface area contributed by atoms with Crippen LogP contribution in [0, 0.1) is 5.92 Å². The van der Waals surface area contributed by atoms with Crippen LogP contribution in [0.25, 0.3) is 10.8 Å². The lowest BCUT2D eigenvalue weighted by molar-refractivity contribution is 0.179. The summed E-state index contributed by atoms with van der Waals surface area (Å²) in [5.74, 6) is 0.397. The molecular weight excluding hydrogens is 376 g/mol. The van der Waals surface area contributed by atoms with Crippen LogP contribution in [0.3, 0.4) is 0 Å². The number of likely N-dealkylation sites (tertiary alicyclic amines) is 1. The van der Waals surface area contributed by atoms with Crippen molar-refractivity contribution in [2.45, 2.75) is 24.3 Å². The van der Waals surface area contributed by atoms with E-state index in [0.29, 0.717) is 17.4 Å². The molecule has 1 fully saturated rings. The predicted molar refractivity (Wildman–Crippen MR) is 111 cm³/mol. The van der Waals surface area contributed by atoms with Crippen molar-refractivity contribution < 1.29 is 8.42 Å². The molecule has 1 aromatic heterocycles. The van der Waals surface area contributed by atoms with Crippen molar-refractivity contribution >= 4 is 32.1 Å². The zero-order valence-electron chi connectivity index (χ0n) is 15.2. The molecule has 0 radical (unpaired) electrons. The molecule has 1 N–H and O–H groups in total. The van der Waals surface area contributed by atoms with E-state index in [1.807, 2.05) is 30.3 Å². The third-order valence-electron chi connectivity index (χ3n) is 5.29. The van der Waals surface area contributed by atoms with E-state index in [9.17, 15) is 8.42 Å². The van der Waals surface area contributed by atoms with Gasteiger partial charge in [0.15, 0.2) is 0 Å². The van der Waals surface area contributed by atoms with Crippen LogP contribution in [0.15, 0.2) is 64.2 Å². The number of hydrogen-bond acceptors (Lipinski definition) is 4. The zero-order valence-corrected chi connectivity index (χ0v) is 16.8. The van der Waals surface area contributed by atoms with Crippen molar-refractivity contribution in [2.24, 2.45) is 5.92 Å². The van der Waals surface area contributed by atoms with Crippen LogP contribution >= 0.6 is 11.3 Å². The fourth-order valence-corrected chi connectivity index (χ4v) is 5.73. The van der Waals surface area contributed by atoms with E-state index in [0.717, 1.165) is 43.2 Å². The van der Waals surface area contributed by atoms with Gasteiger partial charge in [-0.1, -0.05) is 36.4 Å². The first kappa shape index (κ1) is 18.6. The molecule has 0 atom stereocenters. The van der Waals surface area contributed by atoms with Gasteiger partial charge in [-0.3, -0.25) is 4.90 Å². The summed E-state index contributed by atoms with van der Waals surface area (Å²) < 4.78 is 28.5. The summed E-state index contributed by atoms with van der Waals surface area (Å²) in [6.07, 6.45) is 2.06. The molecule has 4 nitrogen and oxygen atoms in total. The normalized spacial score (nSPS) is 16.7. The third-order valence-corrected chi connectivity index (χ3v) is 7.51. The summed E-state index contributed by atoms with van der Waals surface area (Å²) in [4.78, 5) is 2.83. The van der Waals surface area contributed by atoms with E-state index in [2.05, 4.69) is 26.4 Å². The largest absolute Gasteiger partial charge is 0.299 e. The van der Waals surface area contributed by atoms with Crippen molar-refractivity contribution in [1.82, 2.24) is 9.62 Å². The number of benzene rings is 2. The van der Waals surface area contributed by atoms with Crippen LogP contribution in [0.1, 0.15) is 18.4 Å². The minimum Gasteiger partial charge on any atom is -0.299 e. The molecule has 2 heterocycles. The minimum absolute atomic E-state index is 0.371. The van der Waals surface area contributed by atoms with Crippen LogP contribution in [0.5, 0.6) is 0 Å². The van der Waals surface area contributed by atoms with Gasteiger partial charge in [-0.15, -0.1) is 0 Å². The first-order valence-electron chi connectivity index (χ1n) is 9.33. The molecule has 0 saturated carbocycles. The van der Waals surface area contributed by atoms with Gasteiger partial charge >= 0.3 is 0 Å². The number of sulfonamides is 1. The molecule has 1 saturated heterocycles. The smallest absolute Gasteiger partial charge is 0.241 e. The highest BCUT2D eigenvalue weighted by Crippen LogP contribution is 2.24. The minimum atomic E-state index is -3.50. The standard InChI is InChI=1S/C21H24N2O2S2/c24-27(25,21-7-3-5-19-4-1-2-6-20(19)21)22-14-17-8-11-23(12-9-17)15-18-10-13-26-16-18/h1-7,10,13,16-17,22H,8-9,11-12,14-15H2. The van der Waals surface area contributed by atoms with E-state index in [1.54, 1.807) is 23.5 Å². The molecule has 1 aliphatic rings. The molecule has 0 amide bonds. The quantitative estimate of drug-likeness (QED) is 0.678. The second kappa shape index (κ2) is 8.10. The number of nitrogens with zero attached hydrogens (tertiary/aromatic N) is 1. The van der Waals surface area contributed by atoms with Gasteiger partial charge in [-0.2, -0.15) is 11.3 Å². The molecule has 2 aromatic carbocycles. The van der Waals surface area contributed by atoms with E-state index in [1.165, 1.54) is 5.56 Å². The highest BCUT2D eigenvalue weighted by Gasteiger charge is 2.23. The van der Waals surface area contributed by atoms with Crippen LogP contribution < -0.4 is 4.72 Å². The predicted octanol–water partition coefficient (Wildman–Crippen LogP) is 4.09. The van der Waals surface area contributed by atoms with Gasteiger partial charge < -0.3 is 0 Å². The monoisotopic (exact) mass is 400 g/mol. The molecule has 6 heteroatoms. The van der Waals surface area contributed by atoms with Crippen molar-refractivity contribution in [3.8, 4) is 0 Å². The Labute approximate surface area is 164 Å². The van der Waals surface area contributed by atoms with Crippen molar-refractivity contribution in [1.29, 1.82) is 0 Å². The maximum absolute atomic E-state index is 12.8. The lowest BCUT2D eigenvalue weighted by Gasteiger charge is -2.31. The lowest BCUT2D eigenvalue weighted by atomic mass is 9.97. The van der Waals surface area contributed by atoms with Gasteiger partial charge in [-0.05, 0) is 65.7 Å². The number of fused-ring (bicyclic) bond motifs is 1. The Bertz CT molecular complexity index is 987. The number of hydrogen-bond donors (Lipinski definition) is 1. The first-order chi connectivity index (χ1) is 13.1. The molecule has 3 aromatic rings. The topological polar surface area (TPSA) is 49.4 Å². The van der Waals surface area contributed by atoms with Crippen molar-refractivity contribution in [2.75, 3.05) is 19.6 Å². The van der Waals surface area contributed by atoms with Crippen LogP contribution in [-0.2, 0) is 16.6 Å². The fourth-order valence-electron chi connectivity index (χ4n) is 3.72. The SMILES string of the molecule is O=S(=O)(NCC1CCN(Cc2ccsc2)CC1)c1cccc2ccccc12. The summed E-state index contributed by atoms with van der Waals surface area (Å²) in [6.45, 7) is 3.56. The van der Waals surface area contributed by atoms with E-state index in [-0.39, 0.29) is 0 Å². The average molecular weight is 401 g/mol. The lowest BCUT2D eigenvalue weighted by Crippen LogP contribution is -2.38. The summed E-state index contributed by atoms with van der Waals surface area (Å²) >= 11 is 1.73. The molecule has 4 rings (SSSR count). The number of rotatable bonds is 6. The zero-order chi connectivity index (χ0) is 18.7. The molecule has 27 heavy (non-hydrogen) atoms. The summed E-state index contributed by atoms with van der Waals surface area (Å²) in [5.41, 5.74) is 1.37. The van der Waals surface area contributed by atoms with Crippen molar-refractivity contribution in [3.63, 3.8) is 0 Å². The third kappa shape index (κ3) is 4.41. The van der Waals surface area contributed by atoms with Gasteiger partial charge in [0, 0.05) is 18.5 Å². The fraction of sp³-hybridized carbons (Fsp3) is 0.333. The Morgan fingerprint density at radius 1 is 1.04 bits per heavy atom. The summed E-state index contributed by atoms with van der Waals surface area (Å²) in [7, 11) is -3.50. The van der Waals surface area contributed by atoms with E-state index in [4.69, 9.17) is 0 Å². The Morgan fingerprint density at radius 3 is 2.59 bits per heavy atom. The van der Waals surface area contributed by atoms with Gasteiger partial charge in [0.1, 0.15) is 0 Å². The second-order valence-corrected chi connectivity index (χ2v) is 9.70. The second-order valence-electron chi connectivity index (χ2n) is 7.18. The number of piperidine rings is 1. The number of thiophene rings is 1. The van der Waals surface area contributed by atoms with Crippen molar-refractivity contribution in [3.05, 3.63) is 64.9 Å². The molecule has 1 aliphatic heterocycles. The maximum atomic E-state index is 12.8. The molecule has 0 spiro atoms. The Hall–Kier alpha value is -1.73. The maximum Gasteiger partial charge on any atom is 0.241 e. The summed E-state index contributed by atoms with van der Waals surface area (Å²) in [5, 5.41) is 6.04. The Morgan fingerprint density at radius 2 is 1.81 bits per heavy atom. The Balaban J connectivity index is 1.36. The molecule has 0 aliphatic carbocycles. The van der Waals surface area contributed by atoms with E-state index < -0.39 is 10.0 Å². The van der Waals surface area contributed by atoms with Crippen LogP contribution in [-0.4, -0.2) is 33.0 Å². The van der Waals surface area contributed by atoms with Gasteiger partial charge in [0.25, 0.3) is 0 Å². The molecule has 0 bridgehead atoms.